The third-order valence-electron chi connectivity index (χ3n) is 4.55. The van der Waals surface area contributed by atoms with E-state index in [9.17, 15) is 4.79 Å². The van der Waals surface area contributed by atoms with Crippen molar-refractivity contribution in [2.75, 3.05) is 19.6 Å². The molecule has 0 unspecified atom stereocenters. The van der Waals surface area contributed by atoms with Crippen molar-refractivity contribution in [2.24, 2.45) is 0 Å². The third-order valence-corrected chi connectivity index (χ3v) is 4.89. The number of amides is 1. The smallest absolute Gasteiger partial charge is 0.224 e. The Morgan fingerprint density at radius 1 is 1.04 bits per heavy atom. The second kappa shape index (κ2) is 8.32. The molecule has 1 saturated heterocycles. The molecule has 1 aliphatic rings. The Labute approximate surface area is 148 Å². The average molecular weight is 343 g/mol. The maximum absolute atomic E-state index is 12.3. The number of rotatable bonds is 6. The molecule has 1 amide bonds. The van der Waals surface area contributed by atoms with Crippen molar-refractivity contribution < 1.29 is 4.79 Å². The molecular weight excluding hydrogens is 320 g/mol. The van der Waals surface area contributed by atoms with Crippen LogP contribution in [-0.4, -0.2) is 30.4 Å². The summed E-state index contributed by atoms with van der Waals surface area (Å²) in [6.07, 6.45) is 2.83. The van der Waals surface area contributed by atoms with Gasteiger partial charge in [0, 0.05) is 11.6 Å². The van der Waals surface area contributed by atoms with Crippen LogP contribution in [0.2, 0.25) is 5.02 Å². The number of likely N-dealkylation sites (tertiary alicyclic amines) is 1. The van der Waals surface area contributed by atoms with Crippen LogP contribution in [0.15, 0.2) is 54.6 Å². The van der Waals surface area contributed by atoms with Crippen molar-refractivity contribution in [1.82, 2.24) is 10.2 Å². The SMILES string of the molecule is O=C(Cc1ccccc1)NC[C@@H](c1ccccc1Cl)N1CCCC1. The zero-order chi connectivity index (χ0) is 16.8. The van der Waals surface area contributed by atoms with Crippen LogP contribution >= 0.6 is 11.6 Å². The lowest BCUT2D eigenvalue weighted by Crippen LogP contribution is -2.37. The van der Waals surface area contributed by atoms with Crippen LogP contribution < -0.4 is 5.32 Å². The molecule has 0 radical (unpaired) electrons. The highest BCUT2D eigenvalue weighted by molar-refractivity contribution is 6.31. The maximum atomic E-state index is 12.3. The largest absolute Gasteiger partial charge is 0.354 e. The summed E-state index contributed by atoms with van der Waals surface area (Å²) in [4.78, 5) is 14.7. The van der Waals surface area contributed by atoms with Gasteiger partial charge >= 0.3 is 0 Å². The van der Waals surface area contributed by atoms with E-state index in [-0.39, 0.29) is 11.9 Å². The highest BCUT2D eigenvalue weighted by Gasteiger charge is 2.25. The lowest BCUT2D eigenvalue weighted by Gasteiger charge is -2.29. The molecule has 3 nitrogen and oxygen atoms in total. The van der Waals surface area contributed by atoms with E-state index in [0.29, 0.717) is 13.0 Å². The Balaban J connectivity index is 1.66. The second-order valence-corrected chi connectivity index (χ2v) is 6.65. The summed E-state index contributed by atoms with van der Waals surface area (Å²) in [5.41, 5.74) is 2.13. The molecule has 0 bridgehead atoms. The zero-order valence-corrected chi connectivity index (χ0v) is 14.5. The van der Waals surface area contributed by atoms with Crippen molar-refractivity contribution >= 4 is 17.5 Å². The van der Waals surface area contributed by atoms with Gasteiger partial charge in [0.05, 0.1) is 12.5 Å². The highest BCUT2D eigenvalue weighted by Crippen LogP contribution is 2.29. The van der Waals surface area contributed by atoms with Gasteiger partial charge in [0.15, 0.2) is 0 Å². The monoisotopic (exact) mass is 342 g/mol. The molecule has 0 saturated carbocycles. The average Bonchev–Trinajstić information content (AvgIpc) is 3.12. The van der Waals surface area contributed by atoms with Crippen LogP contribution in [0, 0.1) is 0 Å². The summed E-state index contributed by atoms with van der Waals surface area (Å²) in [5, 5.41) is 3.86. The highest BCUT2D eigenvalue weighted by atomic mass is 35.5. The molecule has 1 N–H and O–H groups in total. The predicted octanol–water partition coefficient (Wildman–Crippen LogP) is 3.84. The first kappa shape index (κ1) is 17.0. The predicted molar refractivity (Wildman–Crippen MR) is 98.2 cm³/mol. The fourth-order valence-electron chi connectivity index (χ4n) is 3.29. The molecule has 2 aromatic rings. The van der Waals surface area contributed by atoms with Crippen LogP contribution in [0.5, 0.6) is 0 Å². The van der Waals surface area contributed by atoms with Crippen molar-refractivity contribution in [3.8, 4) is 0 Å². The summed E-state index contributed by atoms with van der Waals surface area (Å²) in [5.74, 6) is 0.0532. The fourth-order valence-corrected chi connectivity index (χ4v) is 3.55. The number of nitrogens with zero attached hydrogens (tertiary/aromatic N) is 1. The number of nitrogens with one attached hydrogen (secondary N) is 1. The molecule has 2 aromatic carbocycles. The summed E-state index contributed by atoms with van der Waals surface area (Å²) >= 11 is 6.40. The van der Waals surface area contributed by atoms with E-state index in [1.165, 1.54) is 12.8 Å². The Kier molecular flexibility index (Phi) is 5.89. The summed E-state index contributed by atoms with van der Waals surface area (Å²) < 4.78 is 0. The number of benzene rings is 2. The van der Waals surface area contributed by atoms with Gasteiger partial charge in [0.1, 0.15) is 0 Å². The zero-order valence-electron chi connectivity index (χ0n) is 13.7. The molecule has 0 aromatic heterocycles. The van der Waals surface area contributed by atoms with Gasteiger partial charge in [-0.3, -0.25) is 9.69 Å². The lowest BCUT2D eigenvalue weighted by molar-refractivity contribution is -0.120. The van der Waals surface area contributed by atoms with E-state index in [1.807, 2.05) is 48.5 Å². The molecular formula is C20H23ClN2O. The van der Waals surface area contributed by atoms with Gasteiger partial charge in [0.25, 0.3) is 0 Å². The molecule has 3 rings (SSSR count). The summed E-state index contributed by atoms with van der Waals surface area (Å²) in [6.45, 7) is 2.71. The Hall–Kier alpha value is -1.84. The maximum Gasteiger partial charge on any atom is 0.224 e. The van der Waals surface area contributed by atoms with Crippen molar-refractivity contribution in [3.63, 3.8) is 0 Å². The van der Waals surface area contributed by atoms with E-state index in [0.717, 1.165) is 29.2 Å². The Morgan fingerprint density at radius 2 is 1.71 bits per heavy atom. The van der Waals surface area contributed by atoms with E-state index in [2.05, 4.69) is 16.3 Å². The van der Waals surface area contributed by atoms with Crippen LogP contribution in [0.4, 0.5) is 0 Å². The van der Waals surface area contributed by atoms with Gasteiger partial charge in [-0.15, -0.1) is 0 Å². The number of carbonyl (C=O) groups is 1. The fraction of sp³-hybridized carbons (Fsp3) is 0.350. The van der Waals surface area contributed by atoms with E-state index < -0.39 is 0 Å². The van der Waals surface area contributed by atoms with Crippen LogP contribution in [0.25, 0.3) is 0 Å². The second-order valence-electron chi connectivity index (χ2n) is 6.25. The molecule has 4 heteroatoms. The molecule has 0 spiro atoms. The minimum atomic E-state index is 0.0532. The van der Waals surface area contributed by atoms with Gasteiger partial charge in [-0.05, 0) is 43.1 Å². The molecule has 24 heavy (non-hydrogen) atoms. The van der Waals surface area contributed by atoms with E-state index in [4.69, 9.17) is 11.6 Å². The Morgan fingerprint density at radius 3 is 2.42 bits per heavy atom. The minimum absolute atomic E-state index is 0.0532. The quantitative estimate of drug-likeness (QED) is 0.865. The van der Waals surface area contributed by atoms with Gasteiger partial charge in [-0.1, -0.05) is 60.1 Å². The number of hydrogen-bond donors (Lipinski definition) is 1. The standard InChI is InChI=1S/C20H23ClN2O/c21-18-11-5-4-10-17(18)19(23-12-6-7-13-23)15-22-20(24)14-16-8-2-1-3-9-16/h1-5,8-11,19H,6-7,12-15H2,(H,22,24)/t19-/m0/s1. The first-order chi connectivity index (χ1) is 11.7. The van der Waals surface area contributed by atoms with Crippen LogP contribution in [-0.2, 0) is 11.2 Å². The summed E-state index contributed by atoms with van der Waals surface area (Å²) in [6, 6.07) is 17.9. The van der Waals surface area contributed by atoms with Crippen molar-refractivity contribution in [3.05, 3.63) is 70.7 Å². The molecule has 1 fully saturated rings. The summed E-state index contributed by atoms with van der Waals surface area (Å²) in [7, 11) is 0. The van der Waals surface area contributed by atoms with Crippen LogP contribution in [0.1, 0.15) is 30.0 Å². The van der Waals surface area contributed by atoms with Crippen LogP contribution in [0.3, 0.4) is 0 Å². The van der Waals surface area contributed by atoms with E-state index >= 15 is 0 Å². The van der Waals surface area contributed by atoms with Crippen molar-refractivity contribution in [1.29, 1.82) is 0 Å². The first-order valence-corrected chi connectivity index (χ1v) is 8.91. The molecule has 126 valence electrons. The van der Waals surface area contributed by atoms with Gasteiger partial charge in [-0.25, -0.2) is 0 Å². The van der Waals surface area contributed by atoms with Gasteiger partial charge in [0.2, 0.25) is 5.91 Å². The van der Waals surface area contributed by atoms with E-state index in [1.54, 1.807) is 0 Å². The number of carbonyl (C=O) groups excluding carboxylic acids is 1. The molecule has 1 heterocycles. The minimum Gasteiger partial charge on any atom is -0.354 e. The van der Waals surface area contributed by atoms with Crippen molar-refractivity contribution in [2.45, 2.75) is 25.3 Å². The number of hydrogen-bond acceptors (Lipinski definition) is 2. The first-order valence-electron chi connectivity index (χ1n) is 8.53. The topological polar surface area (TPSA) is 32.3 Å². The number of halogens is 1. The Bertz CT molecular complexity index is 668. The normalized spacial score (nSPS) is 16.0. The van der Waals surface area contributed by atoms with Gasteiger partial charge < -0.3 is 5.32 Å². The van der Waals surface area contributed by atoms with Gasteiger partial charge in [-0.2, -0.15) is 0 Å². The third kappa shape index (κ3) is 4.37. The molecule has 1 atom stereocenters. The lowest BCUT2D eigenvalue weighted by atomic mass is 10.0. The molecule has 1 aliphatic heterocycles. The molecule has 0 aliphatic carbocycles.